The van der Waals surface area contributed by atoms with Crippen LogP contribution in [0.1, 0.15) is 5.56 Å². The van der Waals surface area contributed by atoms with Gasteiger partial charge in [-0.05, 0) is 23.8 Å². The smallest absolute Gasteiger partial charge is 0.161 e. The first kappa shape index (κ1) is 14.5. The van der Waals surface area contributed by atoms with Gasteiger partial charge in [-0.15, -0.1) is 0 Å². The van der Waals surface area contributed by atoms with Crippen LogP contribution < -0.4 is 9.47 Å². The molecule has 17 heavy (non-hydrogen) atoms. The Morgan fingerprint density at radius 2 is 1.71 bits per heavy atom. The molecule has 0 aromatic heterocycles. The Balaban J connectivity index is 0.00000256. The van der Waals surface area contributed by atoms with Gasteiger partial charge in [-0.3, -0.25) is 0 Å². The summed E-state index contributed by atoms with van der Waals surface area (Å²) < 4.78 is 10.2. The van der Waals surface area contributed by atoms with E-state index in [-0.39, 0.29) is 11.0 Å². The number of benzene rings is 1. The van der Waals surface area contributed by atoms with Crippen LogP contribution in [0, 0.1) is 22.7 Å². The molecule has 0 fully saturated rings. The summed E-state index contributed by atoms with van der Waals surface area (Å²) >= 11 is 0. The van der Waals surface area contributed by atoms with Gasteiger partial charge < -0.3 is 14.9 Å². The van der Waals surface area contributed by atoms with Gasteiger partial charge >= 0.3 is 0 Å². The van der Waals surface area contributed by atoms with E-state index in [1.807, 2.05) is 0 Å². The number of nitrogens with zero attached hydrogens (tertiary/aromatic N) is 2. The summed E-state index contributed by atoms with van der Waals surface area (Å²) in [5.74, 6) is 1.17. The Morgan fingerprint density at radius 1 is 1.12 bits per heavy atom. The normalized spacial score (nSPS) is 8.00. The van der Waals surface area contributed by atoms with E-state index in [1.165, 1.54) is 13.2 Å². The van der Waals surface area contributed by atoms with Crippen molar-refractivity contribution >= 4 is 6.08 Å². The average Bonchev–Trinajstić information content (AvgIpc) is 2.35. The molecule has 0 aliphatic rings. The highest BCUT2D eigenvalue weighted by atomic mass is 16.5. The van der Waals surface area contributed by atoms with Crippen LogP contribution >= 0.6 is 0 Å². The molecule has 88 valence electrons. The van der Waals surface area contributed by atoms with E-state index in [0.29, 0.717) is 11.5 Å². The maximum Gasteiger partial charge on any atom is 0.161 e. The first-order valence-electron chi connectivity index (χ1n) is 4.49. The maximum atomic E-state index is 8.62. The topological polar surface area (TPSA) is 97.5 Å². The first-order chi connectivity index (χ1) is 7.74. The Labute approximate surface area is 99.4 Å². The molecule has 0 heterocycles. The Hall–Kier alpha value is -2.50. The number of nitriles is 2. The Bertz CT molecular complexity index is 479. The lowest BCUT2D eigenvalue weighted by atomic mass is 10.1. The number of rotatable bonds is 3. The molecule has 0 aliphatic carbocycles. The van der Waals surface area contributed by atoms with Gasteiger partial charge in [-0.1, -0.05) is 6.07 Å². The predicted molar refractivity (Wildman–Crippen MR) is 62.4 cm³/mol. The summed E-state index contributed by atoms with van der Waals surface area (Å²) in [4.78, 5) is 0. The standard InChI is InChI=1S/C12H10N2O2.H2O/c1-15-11-4-3-9(6-12(11)16-2)5-10(7-13)8-14;/h3-6H,1-2H3;1H2. The quantitative estimate of drug-likeness (QED) is 0.733. The van der Waals surface area contributed by atoms with Gasteiger partial charge in [-0.2, -0.15) is 10.5 Å². The van der Waals surface area contributed by atoms with Crippen LogP contribution in [0.5, 0.6) is 11.5 Å². The number of hydrogen-bond donors (Lipinski definition) is 0. The molecule has 5 heteroatoms. The fourth-order valence-electron chi connectivity index (χ4n) is 1.20. The Morgan fingerprint density at radius 3 is 2.18 bits per heavy atom. The molecule has 0 saturated heterocycles. The summed E-state index contributed by atoms with van der Waals surface area (Å²) in [6, 6.07) is 8.76. The largest absolute Gasteiger partial charge is 0.493 e. The molecule has 0 saturated carbocycles. The zero-order valence-electron chi connectivity index (χ0n) is 9.52. The summed E-state index contributed by atoms with van der Waals surface area (Å²) in [5.41, 5.74) is 0.767. The van der Waals surface area contributed by atoms with Gasteiger partial charge in [0.1, 0.15) is 17.7 Å². The molecule has 1 aromatic rings. The lowest BCUT2D eigenvalue weighted by Gasteiger charge is -2.07. The summed E-state index contributed by atoms with van der Waals surface area (Å²) in [5, 5.41) is 17.2. The third-order valence-electron chi connectivity index (χ3n) is 1.96. The summed E-state index contributed by atoms with van der Waals surface area (Å²) in [6.45, 7) is 0. The van der Waals surface area contributed by atoms with Crippen molar-refractivity contribution in [1.29, 1.82) is 10.5 Å². The van der Waals surface area contributed by atoms with Gasteiger partial charge in [0.25, 0.3) is 0 Å². The molecule has 1 aromatic carbocycles. The molecule has 0 radical (unpaired) electrons. The lowest BCUT2D eigenvalue weighted by Crippen LogP contribution is -1.90. The van der Waals surface area contributed by atoms with Crippen LogP contribution in [0.2, 0.25) is 0 Å². The van der Waals surface area contributed by atoms with Crippen molar-refractivity contribution in [2.75, 3.05) is 14.2 Å². The SMILES string of the molecule is COc1ccc(C=C(C#N)C#N)cc1OC.O. The Kier molecular flexibility index (Phi) is 5.87. The van der Waals surface area contributed by atoms with Crippen molar-refractivity contribution in [3.05, 3.63) is 29.3 Å². The van der Waals surface area contributed by atoms with Crippen LogP contribution in [-0.2, 0) is 0 Å². The van der Waals surface area contributed by atoms with Crippen molar-refractivity contribution in [2.24, 2.45) is 0 Å². The highest BCUT2D eigenvalue weighted by Crippen LogP contribution is 2.28. The number of methoxy groups -OCH3 is 2. The van der Waals surface area contributed by atoms with Crippen LogP contribution in [-0.4, -0.2) is 19.7 Å². The number of hydrogen-bond acceptors (Lipinski definition) is 4. The van der Waals surface area contributed by atoms with Crippen LogP contribution in [0.3, 0.4) is 0 Å². The molecule has 0 spiro atoms. The minimum absolute atomic E-state index is 0. The second-order valence-corrected chi connectivity index (χ2v) is 2.90. The van der Waals surface area contributed by atoms with E-state index >= 15 is 0 Å². The van der Waals surface area contributed by atoms with E-state index in [4.69, 9.17) is 20.0 Å². The number of allylic oxidation sites excluding steroid dienone is 1. The van der Waals surface area contributed by atoms with E-state index in [1.54, 1.807) is 37.4 Å². The fourth-order valence-corrected chi connectivity index (χ4v) is 1.20. The van der Waals surface area contributed by atoms with Crippen LogP contribution in [0.15, 0.2) is 23.8 Å². The maximum absolute atomic E-state index is 8.62. The molecule has 2 N–H and O–H groups in total. The molecule has 0 unspecified atom stereocenters. The third kappa shape index (κ3) is 3.53. The monoisotopic (exact) mass is 232 g/mol. The van der Waals surface area contributed by atoms with Crippen LogP contribution in [0.4, 0.5) is 0 Å². The van der Waals surface area contributed by atoms with E-state index in [9.17, 15) is 0 Å². The molecule has 0 amide bonds. The fraction of sp³-hybridized carbons (Fsp3) is 0.167. The lowest BCUT2D eigenvalue weighted by molar-refractivity contribution is 0.355. The summed E-state index contributed by atoms with van der Waals surface area (Å²) in [6.07, 6.45) is 1.49. The van der Waals surface area contributed by atoms with Crippen molar-refractivity contribution in [2.45, 2.75) is 0 Å². The third-order valence-corrected chi connectivity index (χ3v) is 1.96. The first-order valence-corrected chi connectivity index (χ1v) is 4.49. The summed E-state index contributed by atoms with van der Waals surface area (Å²) in [7, 11) is 3.07. The highest BCUT2D eigenvalue weighted by Gasteiger charge is 2.03. The van der Waals surface area contributed by atoms with Crippen molar-refractivity contribution in [3.8, 4) is 23.6 Å². The van der Waals surface area contributed by atoms with Gasteiger partial charge in [0.2, 0.25) is 0 Å². The number of ether oxygens (including phenoxy) is 2. The van der Waals surface area contributed by atoms with Gasteiger partial charge in [0, 0.05) is 0 Å². The van der Waals surface area contributed by atoms with Crippen molar-refractivity contribution in [1.82, 2.24) is 0 Å². The molecule has 0 atom stereocenters. The second-order valence-electron chi connectivity index (χ2n) is 2.90. The van der Waals surface area contributed by atoms with Crippen LogP contribution in [0.25, 0.3) is 6.08 Å². The van der Waals surface area contributed by atoms with Gasteiger partial charge in [0.05, 0.1) is 14.2 Å². The zero-order valence-corrected chi connectivity index (χ0v) is 9.52. The van der Waals surface area contributed by atoms with E-state index < -0.39 is 0 Å². The predicted octanol–water partition coefficient (Wildman–Crippen LogP) is 1.31. The molecule has 1 rings (SSSR count). The van der Waals surface area contributed by atoms with E-state index in [2.05, 4.69) is 0 Å². The highest BCUT2D eigenvalue weighted by molar-refractivity contribution is 5.64. The van der Waals surface area contributed by atoms with Crippen molar-refractivity contribution < 1.29 is 14.9 Å². The van der Waals surface area contributed by atoms with Gasteiger partial charge in [-0.25, -0.2) is 0 Å². The van der Waals surface area contributed by atoms with Crippen molar-refractivity contribution in [3.63, 3.8) is 0 Å². The zero-order chi connectivity index (χ0) is 12.0. The minimum Gasteiger partial charge on any atom is -0.493 e. The molecular weight excluding hydrogens is 220 g/mol. The average molecular weight is 232 g/mol. The second kappa shape index (κ2) is 6.89. The molecule has 5 nitrogen and oxygen atoms in total. The minimum atomic E-state index is 0. The molecular formula is C12H12N2O3. The molecule has 0 aliphatic heterocycles. The van der Waals surface area contributed by atoms with Gasteiger partial charge in [0.15, 0.2) is 11.5 Å². The molecule has 0 bridgehead atoms. The van der Waals surface area contributed by atoms with E-state index in [0.717, 1.165) is 5.56 Å².